The van der Waals surface area contributed by atoms with Crippen molar-refractivity contribution in [2.75, 3.05) is 31.1 Å². The Morgan fingerprint density at radius 3 is 2.91 bits per heavy atom. The third-order valence-electron chi connectivity index (χ3n) is 3.80. The fourth-order valence-electron chi connectivity index (χ4n) is 2.58. The number of furan rings is 2. The van der Waals surface area contributed by atoms with Crippen molar-refractivity contribution in [1.29, 1.82) is 0 Å². The minimum Gasteiger partial charge on any atom is -0.472 e. The zero-order chi connectivity index (χ0) is 15.9. The van der Waals surface area contributed by atoms with Gasteiger partial charge in [-0.2, -0.15) is 11.8 Å². The molecule has 122 valence electrons. The minimum atomic E-state index is -0.117. The fraction of sp³-hybridized carbons (Fsp3) is 0.353. The molecule has 0 spiro atoms. The molecule has 0 aromatic carbocycles. The molecule has 1 aliphatic rings. The van der Waals surface area contributed by atoms with Gasteiger partial charge in [-0.15, -0.1) is 0 Å². The predicted octanol–water partition coefficient (Wildman–Crippen LogP) is 2.79. The van der Waals surface area contributed by atoms with Crippen molar-refractivity contribution in [3.8, 4) is 0 Å². The maximum absolute atomic E-state index is 12.0. The van der Waals surface area contributed by atoms with E-state index in [4.69, 9.17) is 8.83 Å². The van der Waals surface area contributed by atoms with E-state index in [9.17, 15) is 4.79 Å². The number of nitrogens with one attached hydrogen (secondary N) is 1. The van der Waals surface area contributed by atoms with E-state index in [1.165, 1.54) is 6.08 Å². The van der Waals surface area contributed by atoms with Crippen molar-refractivity contribution in [3.05, 3.63) is 54.4 Å². The molecule has 1 unspecified atom stereocenters. The van der Waals surface area contributed by atoms with Crippen molar-refractivity contribution < 1.29 is 13.6 Å². The maximum Gasteiger partial charge on any atom is 0.244 e. The molecule has 1 atom stereocenters. The Labute approximate surface area is 139 Å². The van der Waals surface area contributed by atoms with Gasteiger partial charge in [0, 0.05) is 42.8 Å². The molecule has 1 N–H and O–H groups in total. The van der Waals surface area contributed by atoms with Crippen LogP contribution in [0.4, 0.5) is 0 Å². The molecule has 0 aliphatic carbocycles. The lowest BCUT2D eigenvalue weighted by Crippen LogP contribution is -2.41. The molecule has 2 aromatic heterocycles. The van der Waals surface area contributed by atoms with Gasteiger partial charge in [0.2, 0.25) is 5.91 Å². The SMILES string of the molecule is O=C(/C=C/c1ccoc1)NCC(c1ccco1)N1CCSCC1. The summed E-state index contributed by atoms with van der Waals surface area (Å²) in [7, 11) is 0. The summed E-state index contributed by atoms with van der Waals surface area (Å²) >= 11 is 1.96. The highest BCUT2D eigenvalue weighted by molar-refractivity contribution is 7.99. The molecule has 0 radical (unpaired) electrons. The summed E-state index contributed by atoms with van der Waals surface area (Å²) in [6.07, 6.45) is 8.12. The Balaban J connectivity index is 1.58. The lowest BCUT2D eigenvalue weighted by atomic mass is 10.2. The average Bonchev–Trinajstić information content (AvgIpc) is 3.28. The second-order valence-corrected chi connectivity index (χ2v) is 6.54. The van der Waals surface area contributed by atoms with E-state index in [-0.39, 0.29) is 11.9 Å². The summed E-state index contributed by atoms with van der Waals surface area (Å²) < 4.78 is 10.5. The Morgan fingerprint density at radius 1 is 1.35 bits per heavy atom. The summed E-state index contributed by atoms with van der Waals surface area (Å²) in [5, 5.41) is 2.97. The number of carbonyl (C=O) groups excluding carboxylic acids is 1. The highest BCUT2D eigenvalue weighted by atomic mass is 32.2. The van der Waals surface area contributed by atoms with Crippen LogP contribution in [-0.4, -0.2) is 41.9 Å². The van der Waals surface area contributed by atoms with E-state index in [0.717, 1.165) is 35.9 Å². The van der Waals surface area contributed by atoms with Gasteiger partial charge >= 0.3 is 0 Å². The topological polar surface area (TPSA) is 58.6 Å². The fourth-order valence-corrected chi connectivity index (χ4v) is 3.51. The second kappa shape index (κ2) is 8.08. The third-order valence-corrected chi connectivity index (χ3v) is 4.74. The normalized spacial score (nSPS) is 17.4. The Kier molecular flexibility index (Phi) is 5.60. The zero-order valence-electron chi connectivity index (χ0n) is 12.8. The van der Waals surface area contributed by atoms with E-state index >= 15 is 0 Å². The van der Waals surface area contributed by atoms with Gasteiger partial charge in [-0.1, -0.05) is 0 Å². The third kappa shape index (κ3) is 4.53. The van der Waals surface area contributed by atoms with Crippen molar-refractivity contribution in [1.82, 2.24) is 10.2 Å². The zero-order valence-corrected chi connectivity index (χ0v) is 13.6. The van der Waals surface area contributed by atoms with Gasteiger partial charge < -0.3 is 14.2 Å². The molecule has 1 saturated heterocycles. The molecule has 3 rings (SSSR count). The molecular weight excluding hydrogens is 312 g/mol. The number of hydrogen-bond acceptors (Lipinski definition) is 5. The van der Waals surface area contributed by atoms with Crippen LogP contribution in [-0.2, 0) is 4.79 Å². The number of thioether (sulfide) groups is 1. The molecule has 6 heteroatoms. The molecular formula is C17H20N2O3S. The average molecular weight is 332 g/mol. The first kappa shape index (κ1) is 16.0. The molecule has 3 heterocycles. The smallest absolute Gasteiger partial charge is 0.244 e. The highest BCUT2D eigenvalue weighted by Crippen LogP contribution is 2.24. The van der Waals surface area contributed by atoms with Crippen molar-refractivity contribution in [2.24, 2.45) is 0 Å². The quantitative estimate of drug-likeness (QED) is 0.824. The number of amides is 1. The van der Waals surface area contributed by atoms with E-state index in [0.29, 0.717) is 6.54 Å². The summed E-state index contributed by atoms with van der Waals surface area (Å²) in [6.45, 7) is 2.56. The van der Waals surface area contributed by atoms with Crippen LogP contribution >= 0.6 is 11.8 Å². The number of rotatable bonds is 6. The molecule has 23 heavy (non-hydrogen) atoms. The van der Waals surface area contributed by atoms with Crippen LogP contribution in [0.2, 0.25) is 0 Å². The van der Waals surface area contributed by atoms with Crippen LogP contribution in [0.15, 0.2) is 51.9 Å². The molecule has 2 aromatic rings. The van der Waals surface area contributed by atoms with Crippen LogP contribution in [0, 0.1) is 0 Å². The summed E-state index contributed by atoms with van der Waals surface area (Å²) in [4.78, 5) is 14.4. The van der Waals surface area contributed by atoms with E-state index in [2.05, 4.69) is 10.2 Å². The van der Waals surface area contributed by atoms with E-state index in [1.807, 2.05) is 23.9 Å². The molecule has 1 fully saturated rings. The summed E-state index contributed by atoms with van der Waals surface area (Å²) in [6, 6.07) is 5.75. The first-order chi connectivity index (χ1) is 11.3. The minimum absolute atomic E-state index is 0.0807. The Bertz CT molecular complexity index is 616. The van der Waals surface area contributed by atoms with Gasteiger partial charge in [0.05, 0.1) is 24.8 Å². The van der Waals surface area contributed by atoms with Gasteiger partial charge in [0.25, 0.3) is 0 Å². The van der Waals surface area contributed by atoms with Gasteiger partial charge in [0.1, 0.15) is 5.76 Å². The molecule has 0 saturated carbocycles. The van der Waals surface area contributed by atoms with E-state index < -0.39 is 0 Å². The van der Waals surface area contributed by atoms with Gasteiger partial charge in [-0.05, 0) is 24.3 Å². The molecule has 1 amide bonds. The molecule has 1 aliphatic heterocycles. The first-order valence-electron chi connectivity index (χ1n) is 7.66. The van der Waals surface area contributed by atoms with Crippen molar-refractivity contribution in [3.63, 3.8) is 0 Å². The number of hydrogen-bond donors (Lipinski definition) is 1. The first-order valence-corrected chi connectivity index (χ1v) is 8.82. The van der Waals surface area contributed by atoms with Gasteiger partial charge in [0.15, 0.2) is 0 Å². The lowest BCUT2D eigenvalue weighted by Gasteiger charge is -2.33. The lowest BCUT2D eigenvalue weighted by molar-refractivity contribution is -0.116. The monoisotopic (exact) mass is 332 g/mol. The second-order valence-electron chi connectivity index (χ2n) is 5.31. The van der Waals surface area contributed by atoms with Crippen LogP contribution in [0.25, 0.3) is 6.08 Å². The van der Waals surface area contributed by atoms with Crippen LogP contribution in [0.5, 0.6) is 0 Å². The number of carbonyl (C=O) groups is 1. The Hall–Kier alpha value is -1.92. The standard InChI is InChI=1S/C17H20N2O3S/c20-17(4-3-14-5-9-21-13-14)18-12-15(16-2-1-8-22-16)19-6-10-23-11-7-19/h1-5,8-9,13,15H,6-7,10-12H2,(H,18,20)/b4-3+. The Morgan fingerprint density at radius 2 is 2.22 bits per heavy atom. The van der Waals surface area contributed by atoms with Crippen LogP contribution < -0.4 is 5.32 Å². The molecule has 5 nitrogen and oxygen atoms in total. The highest BCUT2D eigenvalue weighted by Gasteiger charge is 2.24. The van der Waals surface area contributed by atoms with Gasteiger partial charge in [-0.3, -0.25) is 9.69 Å². The summed E-state index contributed by atoms with van der Waals surface area (Å²) in [5.41, 5.74) is 0.871. The molecule has 0 bridgehead atoms. The predicted molar refractivity (Wildman–Crippen MR) is 91.1 cm³/mol. The van der Waals surface area contributed by atoms with E-state index in [1.54, 1.807) is 30.9 Å². The van der Waals surface area contributed by atoms with Crippen LogP contribution in [0.1, 0.15) is 17.4 Å². The summed E-state index contributed by atoms with van der Waals surface area (Å²) in [5.74, 6) is 3.02. The number of nitrogens with zero attached hydrogens (tertiary/aromatic N) is 1. The largest absolute Gasteiger partial charge is 0.472 e. The van der Waals surface area contributed by atoms with Crippen LogP contribution in [0.3, 0.4) is 0 Å². The van der Waals surface area contributed by atoms with Crippen molar-refractivity contribution >= 4 is 23.7 Å². The van der Waals surface area contributed by atoms with Crippen molar-refractivity contribution in [2.45, 2.75) is 6.04 Å². The van der Waals surface area contributed by atoms with Gasteiger partial charge in [-0.25, -0.2) is 0 Å². The maximum atomic E-state index is 12.0.